The van der Waals surface area contributed by atoms with Gasteiger partial charge in [-0.25, -0.2) is 0 Å². The maximum absolute atomic E-state index is 13.5. The van der Waals surface area contributed by atoms with Crippen LogP contribution in [0.2, 0.25) is 10.0 Å². The van der Waals surface area contributed by atoms with Crippen LogP contribution >= 0.6 is 23.2 Å². The minimum Gasteiger partial charge on any atom is -0.870 e. The fourth-order valence-electron chi connectivity index (χ4n) is 4.04. The van der Waals surface area contributed by atoms with E-state index in [1.165, 1.54) is 24.3 Å². The third kappa shape index (κ3) is 6.77. The van der Waals surface area contributed by atoms with E-state index in [0.29, 0.717) is 28.2 Å². The van der Waals surface area contributed by atoms with E-state index < -0.39 is 26.7 Å². The Balaban J connectivity index is 0.00000441. The average molecular weight is 610 g/mol. The van der Waals surface area contributed by atoms with E-state index >= 15 is 0 Å². The van der Waals surface area contributed by atoms with Gasteiger partial charge in [0.1, 0.15) is 16.3 Å². The van der Waals surface area contributed by atoms with Crippen molar-refractivity contribution in [3.63, 3.8) is 0 Å². The minimum atomic E-state index is -4.73. The molecule has 0 heterocycles. The van der Waals surface area contributed by atoms with Crippen molar-refractivity contribution >= 4 is 67.1 Å². The molecule has 0 fully saturated rings. The number of ether oxygens (including phenoxy) is 1. The summed E-state index contributed by atoms with van der Waals surface area (Å²) in [5.74, 6) is -1.10. The number of anilines is 1. The van der Waals surface area contributed by atoms with Crippen LogP contribution < -0.4 is 44.7 Å². The average Bonchev–Trinajstić information content (AvgIpc) is 2.89. The monoisotopic (exact) mass is 609 g/mol. The number of azo groups is 1. The molecule has 0 unspecified atom stereocenters. The van der Waals surface area contributed by atoms with Crippen LogP contribution in [-0.2, 0) is 16.5 Å². The molecule has 4 aromatic carbocycles. The number of fused-ring (bicyclic) bond motifs is 1. The van der Waals surface area contributed by atoms with Gasteiger partial charge >= 0.3 is 29.6 Å². The van der Waals surface area contributed by atoms with Crippen molar-refractivity contribution < 1.29 is 57.2 Å². The molecule has 0 radical (unpaired) electrons. The molecular formula is C27H22Cl2N3NaO6S. The summed E-state index contributed by atoms with van der Waals surface area (Å²) < 4.78 is 39.7. The first-order chi connectivity index (χ1) is 18.5. The number of nitrogens with zero attached hydrogens (tertiary/aromatic N) is 2. The summed E-state index contributed by atoms with van der Waals surface area (Å²) >= 11 is 12.2. The van der Waals surface area contributed by atoms with Gasteiger partial charge in [-0.1, -0.05) is 60.1 Å². The van der Waals surface area contributed by atoms with Gasteiger partial charge in [-0.2, -0.15) is 13.5 Å². The van der Waals surface area contributed by atoms with Gasteiger partial charge in [0.05, 0.1) is 18.0 Å². The Morgan fingerprint density at radius 1 is 1.05 bits per heavy atom. The third-order valence-corrected chi connectivity index (χ3v) is 7.32. The van der Waals surface area contributed by atoms with Gasteiger partial charge in [0.25, 0.3) is 16.0 Å². The van der Waals surface area contributed by atoms with E-state index in [-0.39, 0.29) is 69.2 Å². The molecule has 0 aliphatic carbocycles. The van der Waals surface area contributed by atoms with Crippen molar-refractivity contribution in [2.24, 2.45) is 10.2 Å². The Labute approximate surface area is 263 Å². The van der Waals surface area contributed by atoms with Crippen molar-refractivity contribution in [2.75, 3.05) is 11.9 Å². The molecule has 40 heavy (non-hydrogen) atoms. The van der Waals surface area contributed by atoms with Gasteiger partial charge in [0, 0.05) is 21.0 Å². The second-order valence-corrected chi connectivity index (χ2v) is 10.5. The first-order valence-electron chi connectivity index (χ1n) is 11.7. The smallest absolute Gasteiger partial charge is 0.870 e. The van der Waals surface area contributed by atoms with Gasteiger partial charge in [-0.3, -0.25) is 9.35 Å². The molecular weight excluding hydrogens is 588 g/mol. The molecule has 9 nitrogen and oxygen atoms in total. The van der Waals surface area contributed by atoms with Crippen LogP contribution in [0.1, 0.15) is 29.8 Å². The van der Waals surface area contributed by atoms with Crippen LogP contribution in [0, 0.1) is 0 Å². The molecule has 0 aliphatic rings. The second-order valence-electron chi connectivity index (χ2n) is 8.25. The van der Waals surface area contributed by atoms with Gasteiger partial charge in [-0.05, 0) is 60.7 Å². The molecule has 1 amide bonds. The SMILES string of the molecule is CCOc1ccc(Cl)cc1NC(=O)c1cc2ccccc2c(N=Nc2ccc(Cl)c(CC)c2S(=O)(=O)O)c1[O-].[Na+]. The molecule has 2 N–H and O–H groups in total. The number of halogens is 2. The van der Waals surface area contributed by atoms with E-state index in [9.17, 15) is 22.9 Å². The van der Waals surface area contributed by atoms with E-state index in [4.69, 9.17) is 27.9 Å². The van der Waals surface area contributed by atoms with Crippen LogP contribution in [0.5, 0.6) is 11.5 Å². The first kappa shape index (κ1) is 31.8. The van der Waals surface area contributed by atoms with E-state index in [2.05, 4.69) is 15.5 Å². The maximum Gasteiger partial charge on any atom is 1.00 e. The van der Waals surface area contributed by atoms with Crippen LogP contribution in [0.15, 0.2) is 75.8 Å². The van der Waals surface area contributed by atoms with Crippen LogP contribution in [0.4, 0.5) is 17.1 Å². The van der Waals surface area contributed by atoms with Crippen LogP contribution in [0.3, 0.4) is 0 Å². The molecule has 13 heteroatoms. The Morgan fingerprint density at radius 2 is 1.77 bits per heavy atom. The van der Waals surface area contributed by atoms with Gasteiger partial charge in [-0.15, -0.1) is 5.11 Å². The van der Waals surface area contributed by atoms with Gasteiger partial charge < -0.3 is 15.2 Å². The minimum absolute atomic E-state index is 0. The molecule has 0 saturated heterocycles. The van der Waals surface area contributed by atoms with Crippen LogP contribution in [0.25, 0.3) is 10.8 Å². The van der Waals surface area contributed by atoms with Crippen LogP contribution in [-0.4, -0.2) is 25.5 Å². The zero-order valence-electron chi connectivity index (χ0n) is 21.7. The number of nitrogens with one attached hydrogen (secondary N) is 1. The number of benzene rings is 4. The maximum atomic E-state index is 13.5. The van der Waals surface area contributed by atoms with Gasteiger partial charge in [0.2, 0.25) is 0 Å². The van der Waals surface area contributed by atoms with Crippen molar-refractivity contribution in [1.29, 1.82) is 0 Å². The van der Waals surface area contributed by atoms with Gasteiger partial charge in [0.15, 0.2) is 0 Å². The Kier molecular flexibility index (Phi) is 10.6. The normalized spacial score (nSPS) is 11.4. The molecule has 0 bridgehead atoms. The van der Waals surface area contributed by atoms with Crippen molar-refractivity contribution in [3.8, 4) is 11.5 Å². The molecule has 202 valence electrons. The summed E-state index contributed by atoms with van der Waals surface area (Å²) in [6, 6.07) is 15.6. The van der Waals surface area contributed by atoms with Crippen molar-refractivity contribution in [3.05, 3.63) is 81.8 Å². The van der Waals surface area contributed by atoms with E-state index in [0.717, 1.165) is 0 Å². The molecule has 0 saturated carbocycles. The fraction of sp³-hybridized carbons (Fsp3) is 0.148. The largest absolute Gasteiger partial charge is 1.00 e. The van der Waals surface area contributed by atoms with Crippen molar-refractivity contribution in [2.45, 2.75) is 25.2 Å². The Hall–Kier alpha value is -2.70. The summed E-state index contributed by atoms with van der Waals surface area (Å²) in [4.78, 5) is 12.8. The number of hydrogen-bond acceptors (Lipinski definition) is 7. The fourth-order valence-corrected chi connectivity index (χ4v) is 5.50. The number of carbonyl (C=O) groups is 1. The predicted octanol–water partition coefficient (Wildman–Crippen LogP) is 4.10. The summed E-state index contributed by atoms with van der Waals surface area (Å²) in [5.41, 5.74) is -0.204. The molecule has 0 aliphatic heterocycles. The zero-order valence-corrected chi connectivity index (χ0v) is 26.1. The summed E-state index contributed by atoms with van der Waals surface area (Å²) in [7, 11) is -4.73. The number of carbonyl (C=O) groups excluding carboxylic acids is 1. The number of amides is 1. The Bertz CT molecular complexity index is 1730. The first-order valence-corrected chi connectivity index (χ1v) is 13.9. The quantitative estimate of drug-likeness (QED) is 0.175. The third-order valence-electron chi connectivity index (χ3n) is 5.76. The van der Waals surface area contributed by atoms with E-state index in [1.807, 2.05) is 0 Å². The number of hydrogen-bond donors (Lipinski definition) is 2. The molecule has 0 atom stereocenters. The van der Waals surface area contributed by atoms with E-state index in [1.54, 1.807) is 50.2 Å². The molecule has 4 rings (SSSR count). The topological polar surface area (TPSA) is 140 Å². The van der Waals surface area contributed by atoms with Crippen molar-refractivity contribution in [1.82, 2.24) is 0 Å². The predicted molar refractivity (Wildman–Crippen MR) is 149 cm³/mol. The summed E-state index contributed by atoms with van der Waals surface area (Å²) in [6.07, 6.45) is 0.190. The summed E-state index contributed by atoms with van der Waals surface area (Å²) in [6.45, 7) is 3.79. The zero-order chi connectivity index (χ0) is 28.3. The second kappa shape index (κ2) is 13.3. The molecule has 0 aromatic heterocycles. The Morgan fingerprint density at radius 3 is 2.45 bits per heavy atom. The molecule has 0 spiro atoms. The number of rotatable bonds is 8. The standard InChI is InChI=1S/C27H23Cl2N3O6S.Na/c1-3-17-20(29)10-11-21(26(17)39(35,36)37)31-32-24-18-8-6-5-7-15(18)13-19(25(24)33)27(34)30-22-14-16(28)9-12-23(22)38-4-2;/h5-14,33H,3-4H2,1-2H3,(H,30,34)(H,35,36,37);/q;+1/p-1. The summed E-state index contributed by atoms with van der Waals surface area (Å²) in [5, 5.41) is 25.6. The molecule has 4 aromatic rings.